The van der Waals surface area contributed by atoms with E-state index in [-0.39, 0.29) is 43.4 Å². The van der Waals surface area contributed by atoms with Gasteiger partial charge in [-0.2, -0.15) is 0 Å². The van der Waals surface area contributed by atoms with Crippen LogP contribution in [-0.2, 0) is 9.09 Å². The average Bonchev–Trinajstić information content (AvgIpc) is 2.18. The van der Waals surface area contributed by atoms with E-state index in [1.54, 1.807) is 37.3 Å². The predicted octanol–water partition coefficient (Wildman–Crippen LogP) is -0.792. The maximum absolute atomic E-state index is 11.5. The molecule has 0 fully saturated rings. The number of carbonyl (C=O) groups excluding carboxylic acids is 1. The van der Waals surface area contributed by atoms with Gasteiger partial charge in [-0.25, -0.2) is 0 Å². The van der Waals surface area contributed by atoms with E-state index in [2.05, 4.69) is 4.52 Å². The van der Waals surface area contributed by atoms with Gasteiger partial charge < -0.3 is 10.8 Å². The molecular formula is C10H14NaO4P. The van der Waals surface area contributed by atoms with E-state index in [1.807, 2.05) is 0 Å². The second kappa shape index (κ2) is 7.38. The molecule has 0 spiro atoms. The Morgan fingerprint density at radius 1 is 1.44 bits per heavy atom. The van der Waals surface area contributed by atoms with Crippen LogP contribution in [-0.4, -0.2) is 23.4 Å². The standard InChI is InChI=1S/C10H13O4P.Na.H/c1-2-14-15(12,13)8-10(11)9-6-4-3-5-7-9;;/h3-7H,2,8H2,1H3,(H,12,13);;/q;+1;-1. The minimum absolute atomic E-state index is 0. The molecule has 4 nitrogen and oxygen atoms in total. The summed E-state index contributed by atoms with van der Waals surface area (Å²) in [4.78, 5) is 20.8. The van der Waals surface area contributed by atoms with E-state index in [1.165, 1.54) is 0 Å². The van der Waals surface area contributed by atoms with E-state index < -0.39 is 13.8 Å². The van der Waals surface area contributed by atoms with Crippen molar-refractivity contribution in [2.45, 2.75) is 6.92 Å². The second-order valence-electron chi connectivity index (χ2n) is 3.00. The van der Waals surface area contributed by atoms with Crippen LogP contribution in [0.3, 0.4) is 0 Å². The summed E-state index contributed by atoms with van der Waals surface area (Å²) in [6.45, 7) is 1.73. The van der Waals surface area contributed by atoms with Gasteiger partial charge in [0.1, 0.15) is 6.16 Å². The molecule has 0 radical (unpaired) electrons. The van der Waals surface area contributed by atoms with Gasteiger partial charge in [-0.1, -0.05) is 30.3 Å². The zero-order chi connectivity index (χ0) is 11.3. The van der Waals surface area contributed by atoms with Crippen LogP contribution in [0.4, 0.5) is 0 Å². The summed E-state index contributed by atoms with van der Waals surface area (Å²) in [6.07, 6.45) is -0.467. The van der Waals surface area contributed by atoms with E-state index in [0.29, 0.717) is 5.56 Å². The molecule has 0 aliphatic carbocycles. The minimum Gasteiger partial charge on any atom is -1.00 e. The molecule has 0 aromatic heterocycles. The fraction of sp³-hybridized carbons (Fsp3) is 0.300. The SMILES string of the molecule is CCOP(=O)(O)CC(=O)c1ccccc1.[H-].[Na+]. The Hall–Kier alpha value is 0.0400. The smallest absolute Gasteiger partial charge is 1.00 e. The number of carbonyl (C=O) groups is 1. The Labute approximate surface area is 118 Å². The van der Waals surface area contributed by atoms with Crippen molar-refractivity contribution >= 4 is 13.4 Å². The van der Waals surface area contributed by atoms with Crippen LogP contribution >= 0.6 is 7.60 Å². The van der Waals surface area contributed by atoms with Crippen molar-refractivity contribution in [3.05, 3.63) is 35.9 Å². The maximum Gasteiger partial charge on any atom is 1.00 e. The Balaban J connectivity index is 0. The fourth-order valence-electron chi connectivity index (χ4n) is 1.14. The van der Waals surface area contributed by atoms with E-state index in [0.717, 1.165) is 0 Å². The number of hydrogen-bond donors (Lipinski definition) is 1. The van der Waals surface area contributed by atoms with Gasteiger partial charge in [0.25, 0.3) is 0 Å². The van der Waals surface area contributed by atoms with E-state index in [9.17, 15) is 14.3 Å². The van der Waals surface area contributed by atoms with Crippen LogP contribution in [0.1, 0.15) is 18.7 Å². The van der Waals surface area contributed by atoms with Crippen LogP contribution in [0.5, 0.6) is 0 Å². The predicted molar refractivity (Wildman–Crippen MR) is 58.2 cm³/mol. The van der Waals surface area contributed by atoms with Crippen LogP contribution in [0.15, 0.2) is 30.3 Å². The maximum atomic E-state index is 11.5. The second-order valence-corrected chi connectivity index (χ2v) is 4.85. The topological polar surface area (TPSA) is 63.6 Å². The molecule has 0 bridgehead atoms. The number of hydrogen-bond acceptors (Lipinski definition) is 3. The van der Waals surface area contributed by atoms with Crippen LogP contribution in [0, 0.1) is 0 Å². The third-order valence-corrected chi connectivity index (χ3v) is 3.12. The van der Waals surface area contributed by atoms with Crippen LogP contribution < -0.4 is 29.6 Å². The monoisotopic (exact) mass is 252 g/mol. The molecule has 6 heteroatoms. The first kappa shape index (κ1) is 16.0. The van der Waals surface area contributed by atoms with Gasteiger partial charge in [-0.15, -0.1) is 0 Å². The van der Waals surface area contributed by atoms with Crippen molar-refractivity contribution in [2.75, 3.05) is 12.8 Å². The van der Waals surface area contributed by atoms with Gasteiger partial charge in [-0.3, -0.25) is 9.36 Å². The quantitative estimate of drug-likeness (QED) is 0.423. The van der Waals surface area contributed by atoms with E-state index in [4.69, 9.17) is 0 Å². The average molecular weight is 252 g/mol. The molecule has 0 saturated carbocycles. The molecule has 1 unspecified atom stereocenters. The third-order valence-electron chi connectivity index (χ3n) is 1.77. The summed E-state index contributed by atoms with van der Waals surface area (Å²) >= 11 is 0. The first-order chi connectivity index (χ1) is 7.05. The van der Waals surface area contributed by atoms with Crippen LogP contribution in [0.25, 0.3) is 0 Å². The van der Waals surface area contributed by atoms with Gasteiger partial charge in [0.15, 0.2) is 5.78 Å². The van der Waals surface area contributed by atoms with Crippen molar-refractivity contribution in [2.24, 2.45) is 0 Å². The Morgan fingerprint density at radius 2 is 2.00 bits per heavy atom. The molecule has 1 aromatic rings. The molecule has 0 aliphatic heterocycles. The van der Waals surface area contributed by atoms with Crippen molar-refractivity contribution in [1.82, 2.24) is 0 Å². The fourth-order valence-corrected chi connectivity index (χ4v) is 2.18. The molecule has 0 saturated heterocycles. The first-order valence-electron chi connectivity index (χ1n) is 4.60. The molecule has 1 N–H and O–H groups in total. The van der Waals surface area contributed by atoms with Gasteiger partial charge in [-0.05, 0) is 6.92 Å². The zero-order valence-electron chi connectivity index (χ0n) is 10.4. The zero-order valence-corrected chi connectivity index (χ0v) is 12.3. The Morgan fingerprint density at radius 3 is 2.50 bits per heavy atom. The summed E-state index contributed by atoms with van der Waals surface area (Å²) in [5, 5.41) is 0. The molecule has 84 valence electrons. The molecule has 0 heterocycles. The first-order valence-corrected chi connectivity index (χ1v) is 6.36. The summed E-state index contributed by atoms with van der Waals surface area (Å²) in [5.41, 5.74) is 0.423. The summed E-state index contributed by atoms with van der Waals surface area (Å²) < 4.78 is 15.9. The van der Waals surface area contributed by atoms with Gasteiger partial charge in [0.2, 0.25) is 0 Å². The van der Waals surface area contributed by atoms with Crippen molar-refractivity contribution < 1.29 is 49.8 Å². The van der Waals surface area contributed by atoms with Crippen molar-refractivity contribution in [3.63, 3.8) is 0 Å². The third kappa shape index (κ3) is 5.39. The largest absolute Gasteiger partial charge is 1.00 e. The van der Waals surface area contributed by atoms with Gasteiger partial charge in [0.05, 0.1) is 6.61 Å². The van der Waals surface area contributed by atoms with Crippen molar-refractivity contribution in [3.8, 4) is 0 Å². The normalized spacial score (nSPS) is 13.6. The number of benzene rings is 1. The van der Waals surface area contributed by atoms with Gasteiger partial charge in [0, 0.05) is 5.56 Å². The number of ketones is 1. The summed E-state index contributed by atoms with van der Waals surface area (Å²) in [7, 11) is -3.76. The molecule has 16 heavy (non-hydrogen) atoms. The van der Waals surface area contributed by atoms with Crippen LogP contribution in [0.2, 0.25) is 0 Å². The number of rotatable bonds is 5. The number of Topliss-reactive ketones (excluding diaryl/α,β-unsaturated/α-hetero) is 1. The molecule has 1 rings (SSSR count). The van der Waals surface area contributed by atoms with E-state index >= 15 is 0 Å². The summed E-state index contributed by atoms with van der Waals surface area (Å²) in [6, 6.07) is 8.40. The summed E-state index contributed by atoms with van der Waals surface area (Å²) in [5.74, 6) is -0.380. The van der Waals surface area contributed by atoms with Gasteiger partial charge >= 0.3 is 37.2 Å². The molecule has 1 atom stereocenters. The molecule has 0 amide bonds. The van der Waals surface area contributed by atoms with Crippen molar-refractivity contribution in [1.29, 1.82) is 0 Å². The Kier molecular flexibility index (Phi) is 7.40. The molecular weight excluding hydrogens is 238 g/mol. The minimum atomic E-state index is -3.76. The molecule has 0 aliphatic rings. The Bertz CT molecular complexity index is 385. The molecule has 1 aromatic carbocycles.